The van der Waals surface area contributed by atoms with Crippen LogP contribution in [0.1, 0.15) is 42.6 Å². The first-order chi connectivity index (χ1) is 14.0. The van der Waals surface area contributed by atoms with E-state index in [-0.39, 0.29) is 16.8 Å². The van der Waals surface area contributed by atoms with Crippen LogP contribution >= 0.6 is 0 Å². The zero-order valence-electron chi connectivity index (χ0n) is 16.5. The quantitative estimate of drug-likeness (QED) is 0.689. The molecule has 29 heavy (non-hydrogen) atoms. The second-order valence-electron chi connectivity index (χ2n) is 6.45. The van der Waals surface area contributed by atoms with Crippen LogP contribution in [0.5, 0.6) is 11.5 Å². The molecule has 2 aromatic carbocycles. The molecule has 0 radical (unpaired) electrons. The summed E-state index contributed by atoms with van der Waals surface area (Å²) < 4.78 is 11.3. The van der Waals surface area contributed by atoms with Gasteiger partial charge in [-0.25, -0.2) is 5.01 Å². The van der Waals surface area contributed by atoms with Crippen LogP contribution in [0.15, 0.2) is 47.6 Å². The molecule has 0 fully saturated rings. The molecule has 8 heteroatoms. The highest BCUT2D eigenvalue weighted by molar-refractivity contribution is 6.03. The van der Waals surface area contributed by atoms with E-state index in [9.17, 15) is 15.2 Å². The van der Waals surface area contributed by atoms with Crippen LogP contribution in [0, 0.1) is 0 Å². The van der Waals surface area contributed by atoms with Gasteiger partial charge in [-0.15, -0.1) is 5.23 Å². The summed E-state index contributed by atoms with van der Waals surface area (Å²) in [5.41, 5.74) is 2.09. The summed E-state index contributed by atoms with van der Waals surface area (Å²) in [6, 6.07) is 11.7. The molecule has 3 rings (SSSR count). The summed E-state index contributed by atoms with van der Waals surface area (Å²) in [6.07, 6.45) is 1.51. The molecule has 154 valence electrons. The Morgan fingerprint density at radius 1 is 1.10 bits per heavy atom. The van der Waals surface area contributed by atoms with Crippen molar-refractivity contribution in [3.8, 4) is 11.5 Å². The van der Waals surface area contributed by atoms with E-state index < -0.39 is 0 Å². The minimum absolute atomic E-state index is 0.0170. The maximum Gasteiger partial charge on any atom is 0.274 e. The van der Waals surface area contributed by atoms with Crippen LogP contribution < -0.4 is 14.7 Å². The lowest BCUT2D eigenvalue weighted by atomic mass is 10.0. The number of rotatable bonds is 7. The highest BCUT2D eigenvalue weighted by atomic mass is 16.8. The van der Waals surface area contributed by atoms with Crippen molar-refractivity contribution in [3.63, 3.8) is 0 Å². The molecule has 0 saturated heterocycles. The predicted molar refractivity (Wildman–Crippen MR) is 108 cm³/mol. The molecule has 0 aliphatic carbocycles. The van der Waals surface area contributed by atoms with Crippen molar-refractivity contribution < 1.29 is 24.7 Å². The van der Waals surface area contributed by atoms with Gasteiger partial charge in [0.25, 0.3) is 5.91 Å². The van der Waals surface area contributed by atoms with E-state index in [0.29, 0.717) is 36.8 Å². The molecule has 0 aromatic heterocycles. The van der Waals surface area contributed by atoms with Gasteiger partial charge in [0.05, 0.1) is 24.6 Å². The first kappa shape index (κ1) is 20.6. The van der Waals surface area contributed by atoms with E-state index >= 15 is 0 Å². The van der Waals surface area contributed by atoms with Gasteiger partial charge in [0.2, 0.25) is 0 Å². The van der Waals surface area contributed by atoms with Gasteiger partial charge in [0.1, 0.15) is 0 Å². The van der Waals surface area contributed by atoms with Gasteiger partial charge in [-0.3, -0.25) is 15.2 Å². The van der Waals surface area contributed by atoms with E-state index in [2.05, 4.69) is 5.10 Å². The van der Waals surface area contributed by atoms with Gasteiger partial charge in [0, 0.05) is 17.7 Å². The Morgan fingerprint density at radius 3 is 2.59 bits per heavy atom. The molecule has 1 amide bonds. The lowest BCUT2D eigenvalue weighted by molar-refractivity contribution is 0.0291. The second kappa shape index (κ2) is 9.40. The van der Waals surface area contributed by atoms with Crippen molar-refractivity contribution in [2.75, 3.05) is 25.0 Å². The Kier molecular flexibility index (Phi) is 6.69. The van der Waals surface area contributed by atoms with Crippen molar-refractivity contribution >= 4 is 17.3 Å². The first-order valence-corrected chi connectivity index (χ1v) is 9.60. The highest BCUT2D eigenvalue weighted by Crippen LogP contribution is 2.30. The van der Waals surface area contributed by atoms with Crippen molar-refractivity contribution in [1.29, 1.82) is 0 Å². The fourth-order valence-corrected chi connectivity index (χ4v) is 3.13. The van der Waals surface area contributed by atoms with Gasteiger partial charge >= 0.3 is 0 Å². The Hall–Kier alpha value is -3.10. The maximum absolute atomic E-state index is 12.9. The van der Waals surface area contributed by atoms with E-state index in [1.807, 2.05) is 32.0 Å². The SMILES string of the molecule is CCOc1ccc(C2=NN(C(=O)c3cccc(N(O)O)c3)CCC2)cc1OCC. The van der Waals surface area contributed by atoms with Crippen molar-refractivity contribution in [2.24, 2.45) is 5.10 Å². The van der Waals surface area contributed by atoms with Gasteiger partial charge in [0.15, 0.2) is 11.5 Å². The molecular weight excluding hydrogens is 374 g/mol. The number of ether oxygens (including phenoxy) is 2. The van der Waals surface area contributed by atoms with Crippen molar-refractivity contribution in [3.05, 3.63) is 53.6 Å². The molecule has 0 spiro atoms. The third-order valence-corrected chi connectivity index (χ3v) is 4.46. The van der Waals surface area contributed by atoms with E-state index in [1.165, 1.54) is 17.1 Å². The molecule has 1 aliphatic rings. The average molecular weight is 399 g/mol. The molecule has 0 atom stereocenters. The third kappa shape index (κ3) is 4.85. The summed E-state index contributed by atoms with van der Waals surface area (Å²) in [7, 11) is 0. The molecule has 1 heterocycles. The standard InChI is InChI=1S/C21H25N3O5/c1-3-28-19-11-10-15(14-20(19)29-4-2)18-9-6-12-23(22-18)21(25)16-7-5-8-17(13-16)24(26)27/h5,7-8,10-11,13-14,26-27H,3-4,6,9,12H2,1-2H3. The first-order valence-electron chi connectivity index (χ1n) is 9.60. The minimum atomic E-state index is -0.304. The number of nitrogens with zero attached hydrogens (tertiary/aromatic N) is 3. The van der Waals surface area contributed by atoms with Crippen LogP contribution in [-0.4, -0.2) is 46.8 Å². The molecule has 0 bridgehead atoms. The largest absolute Gasteiger partial charge is 0.490 e. The number of anilines is 1. The second-order valence-corrected chi connectivity index (χ2v) is 6.45. The molecule has 0 unspecified atom stereocenters. The number of hydrazone groups is 1. The van der Waals surface area contributed by atoms with Gasteiger partial charge in [-0.05, 0) is 63.1 Å². The minimum Gasteiger partial charge on any atom is -0.490 e. The Labute approximate surface area is 169 Å². The van der Waals surface area contributed by atoms with E-state index in [1.54, 1.807) is 12.1 Å². The van der Waals surface area contributed by atoms with Gasteiger partial charge < -0.3 is 9.47 Å². The summed E-state index contributed by atoms with van der Waals surface area (Å²) in [5, 5.41) is 24.3. The summed E-state index contributed by atoms with van der Waals surface area (Å²) in [5.74, 6) is 1.02. The highest BCUT2D eigenvalue weighted by Gasteiger charge is 2.22. The van der Waals surface area contributed by atoms with Gasteiger partial charge in [-0.1, -0.05) is 6.07 Å². The van der Waals surface area contributed by atoms with Crippen LogP contribution in [-0.2, 0) is 0 Å². The molecule has 2 aromatic rings. The van der Waals surface area contributed by atoms with Gasteiger partial charge in [-0.2, -0.15) is 5.10 Å². The normalized spacial score (nSPS) is 13.7. The predicted octanol–water partition coefficient (Wildman–Crippen LogP) is 3.71. The van der Waals surface area contributed by atoms with Crippen LogP contribution in [0.4, 0.5) is 5.69 Å². The van der Waals surface area contributed by atoms with Crippen LogP contribution in [0.2, 0.25) is 0 Å². The number of hydrogen-bond donors (Lipinski definition) is 2. The maximum atomic E-state index is 12.9. The van der Waals surface area contributed by atoms with Crippen LogP contribution in [0.25, 0.3) is 0 Å². The number of carbonyl (C=O) groups excluding carboxylic acids is 1. The van der Waals surface area contributed by atoms with Crippen LogP contribution in [0.3, 0.4) is 0 Å². The molecule has 1 aliphatic heterocycles. The zero-order valence-corrected chi connectivity index (χ0v) is 16.5. The fraction of sp³-hybridized carbons (Fsp3) is 0.333. The number of benzene rings is 2. The monoisotopic (exact) mass is 399 g/mol. The molecular formula is C21H25N3O5. The summed E-state index contributed by atoms with van der Waals surface area (Å²) >= 11 is 0. The summed E-state index contributed by atoms with van der Waals surface area (Å²) in [6.45, 7) is 5.38. The molecule has 0 saturated carbocycles. The zero-order chi connectivity index (χ0) is 20.8. The number of carbonyl (C=O) groups is 1. The molecule has 8 nitrogen and oxygen atoms in total. The lowest BCUT2D eigenvalue weighted by Crippen LogP contribution is -2.32. The fourth-order valence-electron chi connectivity index (χ4n) is 3.13. The topological polar surface area (TPSA) is 94.8 Å². The Morgan fingerprint density at radius 2 is 1.86 bits per heavy atom. The van der Waals surface area contributed by atoms with E-state index in [4.69, 9.17) is 9.47 Å². The number of amides is 1. The Balaban J connectivity index is 1.87. The van der Waals surface area contributed by atoms with Crippen molar-refractivity contribution in [2.45, 2.75) is 26.7 Å². The van der Waals surface area contributed by atoms with Crippen molar-refractivity contribution in [1.82, 2.24) is 5.01 Å². The Bertz CT molecular complexity index is 898. The average Bonchev–Trinajstić information content (AvgIpc) is 2.75. The summed E-state index contributed by atoms with van der Waals surface area (Å²) in [4.78, 5) is 12.9. The number of hydrogen-bond acceptors (Lipinski definition) is 7. The smallest absolute Gasteiger partial charge is 0.274 e. The molecule has 2 N–H and O–H groups in total. The lowest BCUT2D eigenvalue weighted by Gasteiger charge is -2.24. The van der Waals surface area contributed by atoms with E-state index in [0.717, 1.165) is 24.1 Å². The third-order valence-electron chi connectivity index (χ3n) is 4.46.